The Morgan fingerprint density at radius 2 is 1.28 bits per heavy atom. The van der Waals surface area contributed by atoms with Gasteiger partial charge in [-0.05, 0) is 85.0 Å². The topological polar surface area (TPSA) is 60.8 Å². The summed E-state index contributed by atoms with van der Waals surface area (Å²) in [5.41, 5.74) is 4.24. The van der Waals surface area contributed by atoms with Gasteiger partial charge in [0, 0.05) is 30.8 Å². The average molecular weight is 555 g/mol. The summed E-state index contributed by atoms with van der Waals surface area (Å²) in [5.74, 6) is 0.320. The molecule has 2 N–H and O–H groups in total. The third-order valence-corrected chi connectivity index (χ3v) is 6.52. The number of halogens is 2. The van der Waals surface area contributed by atoms with Crippen LogP contribution in [0.4, 0.5) is 0 Å². The molecule has 0 spiro atoms. The Labute approximate surface area is 203 Å². The Hall–Kier alpha value is -2.67. The first kappa shape index (κ1) is 22.5. The summed E-state index contributed by atoms with van der Waals surface area (Å²) in [4.78, 5) is 15.6. The number of hydrogen-bond acceptors (Lipinski definition) is 4. The van der Waals surface area contributed by atoms with E-state index in [-0.39, 0.29) is 17.3 Å². The molecule has 1 heterocycles. The van der Waals surface area contributed by atoms with Crippen LogP contribution in [-0.2, 0) is 11.3 Å². The van der Waals surface area contributed by atoms with E-state index in [1.807, 2.05) is 30.4 Å². The van der Waals surface area contributed by atoms with Crippen molar-refractivity contribution in [3.05, 3.63) is 104 Å². The molecule has 0 aliphatic carbocycles. The number of piperidine rings is 1. The van der Waals surface area contributed by atoms with E-state index in [1.54, 1.807) is 36.4 Å². The van der Waals surface area contributed by atoms with Gasteiger partial charge in [0.05, 0.1) is 8.95 Å². The summed E-state index contributed by atoms with van der Waals surface area (Å²) >= 11 is 6.68. The monoisotopic (exact) mass is 553 g/mol. The molecule has 3 aromatic carbocycles. The van der Waals surface area contributed by atoms with Gasteiger partial charge in [-0.25, -0.2) is 0 Å². The van der Waals surface area contributed by atoms with E-state index < -0.39 is 0 Å². The molecule has 0 amide bonds. The summed E-state index contributed by atoms with van der Waals surface area (Å²) in [6.07, 6.45) is 3.76. The Morgan fingerprint density at radius 1 is 0.781 bits per heavy atom. The molecule has 1 aliphatic heterocycles. The predicted molar refractivity (Wildman–Crippen MR) is 134 cm³/mol. The number of benzene rings is 3. The van der Waals surface area contributed by atoms with E-state index >= 15 is 0 Å². The second-order valence-corrected chi connectivity index (χ2v) is 9.43. The van der Waals surface area contributed by atoms with Gasteiger partial charge < -0.3 is 10.2 Å². The molecule has 162 valence electrons. The summed E-state index contributed by atoms with van der Waals surface area (Å²) < 4.78 is 1.17. The standard InChI is InChI=1S/C26H21Br2NO3/c27-22-12-18(6-8-24(22)30)10-20-15-29(14-17-4-2-1-3-5-17)16-21(26(20)32)11-19-7-9-25(31)23(28)13-19/h1-13,30-31H,14-16H2/b20-10-,21-11-. The number of carbonyl (C=O) groups excluding carboxylic acids is 1. The van der Waals surface area contributed by atoms with E-state index in [0.717, 1.165) is 17.7 Å². The third kappa shape index (κ3) is 5.38. The molecule has 1 fully saturated rings. The van der Waals surface area contributed by atoms with E-state index in [1.165, 1.54) is 5.56 Å². The fraction of sp³-hybridized carbons (Fsp3) is 0.115. The maximum atomic E-state index is 13.4. The van der Waals surface area contributed by atoms with Crippen LogP contribution in [0, 0.1) is 0 Å². The SMILES string of the molecule is O=C1/C(=C\c2ccc(O)c(Br)c2)CN(Cc2ccccc2)C/C1=C/c1ccc(O)c(Br)c1. The smallest absolute Gasteiger partial charge is 0.187 e. The van der Waals surface area contributed by atoms with Gasteiger partial charge in [0.25, 0.3) is 0 Å². The molecule has 0 unspecified atom stereocenters. The van der Waals surface area contributed by atoms with E-state index in [4.69, 9.17) is 0 Å². The Balaban J connectivity index is 1.70. The molecule has 0 bridgehead atoms. The number of phenolic OH excluding ortho intramolecular Hbond substituents is 2. The summed E-state index contributed by atoms with van der Waals surface area (Å²) in [6, 6.07) is 20.6. The number of rotatable bonds is 4. The predicted octanol–water partition coefficient (Wildman–Crippen LogP) is 6.17. The van der Waals surface area contributed by atoms with Gasteiger partial charge in [0.15, 0.2) is 5.78 Å². The first-order valence-corrected chi connectivity index (χ1v) is 11.7. The maximum Gasteiger partial charge on any atom is 0.187 e. The van der Waals surface area contributed by atoms with E-state index in [2.05, 4.69) is 48.9 Å². The van der Waals surface area contributed by atoms with Gasteiger partial charge in [-0.3, -0.25) is 9.69 Å². The minimum absolute atomic E-state index is 0.00251. The van der Waals surface area contributed by atoms with Gasteiger partial charge in [0.1, 0.15) is 11.5 Å². The van der Waals surface area contributed by atoms with Crippen molar-refractivity contribution in [1.29, 1.82) is 0 Å². The maximum absolute atomic E-state index is 13.4. The van der Waals surface area contributed by atoms with Crippen LogP contribution in [0.3, 0.4) is 0 Å². The molecule has 6 heteroatoms. The fourth-order valence-corrected chi connectivity index (χ4v) is 4.48. The number of phenols is 2. The number of aromatic hydroxyl groups is 2. The fourth-order valence-electron chi connectivity index (χ4n) is 3.69. The Kier molecular flexibility index (Phi) is 6.94. The van der Waals surface area contributed by atoms with Gasteiger partial charge in [0.2, 0.25) is 0 Å². The number of ketones is 1. The van der Waals surface area contributed by atoms with Crippen LogP contribution in [0.25, 0.3) is 12.2 Å². The van der Waals surface area contributed by atoms with Crippen LogP contribution in [0.1, 0.15) is 16.7 Å². The number of carbonyl (C=O) groups is 1. The van der Waals surface area contributed by atoms with Crippen molar-refractivity contribution in [2.24, 2.45) is 0 Å². The van der Waals surface area contributed by atoms with Crippen LogP contribution >= 0.6 is 31.9 Å². The largest absolute Gasteiger partial charge is 0.507 e. The number of Topliss-reactive ketones (excluding diaryl/α,β-unsaturated/α-hetero) is 1. The van der Waals surface area contributed by atoms with Crippen molar-refractivity contribution in [3.63, 3.8) is 0 Å². The minimum Gasteiger partial charge on any atom is -0.507 e. The lowest BCUT2D eigenvalue weighted by molar-refractivity contribution is -0.113. The van der Waals surface area contributed by atoms with Crippen LogP contribution in [0.2, 0.25) is 0 Å². The highest BCUT2D eigenvalue weighted by molar-refractivity contribution is 9.10. The highest BCUT2D eigenvalue weighted by atomic mass is 79.9. The van der Waals surface area contributed by atoms with Gasteiger partial charge in [-0.2, -0.15) is 0 Å². The third-order valence-electron chi connectivity index (χ3n) is 5.25. The molecule has 0 saturated carbocycles. The minimum atomic E-state index is 0.00251. The van der Waals surface area contributed by atoms with Gasteiger partial charge >= 0.3 is 0 Å². The van der Waals surface area contributed by atoms with Crippen molar-refractivity contribution >= 4 is 49.8 Å². The van der Waals surface area contributed by atoms with Crippen molar-refractivity contribution in [2.75, 3.05) is 13.1 Å². The van der Waals surface area contributed by atoms with Crippen molar-refractivity contribution in [2.45, 2.75) is 6.54 Å². The summed E-state index contributed by atoms with van der Waals surface area (Å²) in [7, 11) is 0. The highest BCUT2D eigenvalue weighted by Crippen LogP contribution is 2.29. The molecule has 0 radical (unpaired) electrons. The highest BCUT2D eigenvalue weighted by Gasteiger charge is 2.26. The second kappa shape index (κ2) is 9.86. The average Bonchev–Trinajstić information content (AvgIpc) is 2.77. The Morgan fingerprint density at radius 3 is 1.75 bits per heavy atom. The molecule has 32 heavy (non-hydrogen) atoms. The number of hydrogen-bond donors (Lipinski definition) is 2. The molecule has 4 nitrogen and oxygen atoms in total. The van der Waals surface area contributed by atoms with Crippen molar-refractivity contribution < 1.29 is 15.0 Å². The normalized spacial score (nSPS) is 17.2. The first-order valence-electron chi connectivity index (χ1n) is 10.1. The zero-order valence-electron chi connectivity index (χ0n) is 17.1. The van der Waals surface area contributed by atoms with Crippen LogP contribution in [-0.4, -0.2) is 34.0 Å². The second-order valence-electron chi connectivity index (χ2n) is 7.72. The number of likely N-dealkylation sites (tertiary alicyclic amines) is 1. The van der Waals surface area contributed by atoms with Crippen LogP contribution in [0.5, 0.6) is 11.5 Å². The molecular formula is C26H21Br2NO3. The zero-order valence-corrected chi connectivity index (χ0v) is 20.3. The van der Waals surface area contributed by atoms with Crippen LogP contribution in [0.15, 0.2) is 86.8 Å². The molecule has 4 rings (SSSR count). The van der Waals surface area contributed by atoms with Crippen molar-refractivity contribution in [1.82, 2.24) is 4.90 Å². The number of nitrogens with zero attached hydrogens (tertiary/aromatic N) is 1. The van der Waals surface area contributed by atoms with Gasteiger partial charge in [-0.15, -0.1) is 0 Å². The summed E-state index contributed by atoms with van der Waals surface area (Å²) in [6.45, 7) is 1.78. The van der Waals surface area contributed by atoms with Crippen molar-refractivity contribution in [3.8, 4) is 11.5 Å². The molecule has 1 aliphatic rings. The molecule has 0 atom stereocenters. The quantitative estimate of drug-likeness (QED) is 0.378. The summed E-state index contributed by atoms with van der Waals surface area (Å²) in [5, 5.41) is 19.6. The lowest BCUT2D eigenvalue weighted by Gasteiger charge is -2.30. The molecular weight excluding hydrogens is 534 g/mol. The lowest BCUT2D eigenvalue weighted by Crippen LogP contribution is -2.37. The molecule has 1 saturated heterocycles. The molecule has 3 aromatic rings. The zero-order chi connectivity index (χ0) is 22.7. The first-order chi connectivity index (χ1) is 15.4. The lowest BCUT2D eigenvalue weighted by atomic mass is 9.94. The Bertz CT molecular complexity index is 1150. The van der Waals surface area contributed by atoms with E-state index in [0.29, 0.717) is 33.2 Å². The van der Waals surface area contributed by atoms with Gasteiger partial charge in [-0.1, -0.05) is 42.5 Å². The molecule has 0 aromatic heterocycles. The van der Waals surface area contributed by atoms with Crippen LogP contribution < -0.4 is 0 Å². The van der Waals surface area contributed by atoms with E-state index in [9.17, 15) is 15.0 Å².